The van der Waals surface area contributed by atoms with Crippen molar-refractivity contribution in [2.45, 2.75) is 6.92 Å². The molecule has 2 aromatic carbocycles. The van der Waals surface area contributed by atoms with Crippen LogP contribution >= 0.6 is 0 Å². The van der Waals surface area contributed by atoms with Gasteiger partial charge in [0.05, 0.1) is 0 Å². The van der Waals surface area contributed by atoms with E-state index in [1.54, 1.807) is 6.92 Å². The van der Waals surface area contributed by atoms with Gasteiger partial charge in [0.25, 0.3) is 0 Å². The van der Waals surface area contributed by atoms with Crippen molar-refractivity contribution in [2.24, 2.45) is 0 Å². The summed E-state index contributed by atoms with van der Waals surface area (Å²) in [5.41, 5.74) is 1.82. The Balaban J connectivity index is 2.59. The van der Waals surface area contributed by atoms with Crippen LogP contribution in [0.1, 0.15) is 18.1 Å². The molecule has 0 heterocycles. The first-order chi connectivity index (χ1) is 9.13. The van der Waals surface area contributed by atoms with Gasteiger partial charge in [-0.15, -0.1) is 0 Å². The maximum Gasteiger partial charge on any atom is 0.151 e. The Kier molecular flexibility index (Phi) is 3.85. The summed E-state index contributed by atoms with van der Waals surface area (Å²) in [6, 6.07) is 12.4. The highest BCUT2D eigenvalue weighted by Crippen LogP contribution is 2.26. The SMILES string of the molecule is C/C(=C(/C=O)c1ccc(F)cc1F)c1ccccc1. The number of carbonyl (C=O) groups excluding carboxylic acids is 1. The van der Waals surface area contributed by atoms with E-state index in [4.69, 9.17) is 0 Å². The summed E-state index contributed by atoms with van der Waals surface area (Å²) in [6.45, 7) is 1.74. The summed E-state index contributed by atoms with van der Waals surface area (Å²) in [6.07, 6.45) is 0.596. The summed E-state index contributed by atoms with van der Waals surface area (Å²) in [5, 5.41) is 0. The van der Waals surface area contributed by atoms with E-state index in [1.165, 1.54) is 6.07 Å². The second-order valence-corrected chi connectivity index (χ2v) is 4.15. The third-order valence-electron chi connectivity index (χ3n) is 2.95. The molecule has 19 heavy (non-hydrogen) atoms. The lowest BCUT2D eigenvalue weighted by Crippen LogP contribution is -1.95. The van der Waals surface area contributed by atoms with Crippen molar-refractivity contribution in [2.75, 3.05) is 0 Å². The fourth-order valence-corrected chi connectivity index (χ4v) is 1.91. The summed E-state index contributed by atoms with van der Waals surface area (Å²) >= 11 is 0. The highest BCUT2D eigenvalue weighted by Gasteiger charge is 2.12. The van der Waals surface area contributed by atoms with E-state index < -0.39 is 11.6 Å². The van der Waals surface area contributed by atoms with E-state index in [-0.39, 0.29) is 11.1 Å². The summed E-state index contributed by atoms with van der Waals surface area (Å²) in [7, 11) is 0. The Bertz CT molecular complexity index is 630. The number of aldehydes is 1. The molecule has 0 aliphatic carbocycles. The molecule has 0 atom stereocenters. The zero-order valence-electron chi connectivity index (χ0n) is 10.4. The zero-order valence-corrected chi connectivity index (χ0v) is 10.4. The highest BCUT2D eigenvalue weighted by molar-refractivity contribution is 6.16. The molecule has 2 rings (SSSR count). The Labute approximate surface area is 110 Å². The van der Waals surface area contributed by atoms with Crippen LogP contribution in [0.3, 0.4) is 0 Å². The Morgan fingerprint density at radius 3 is 2.32 bits per heavy atom. The monoisotopic (exact) mass is 258 g/mol. The largest absolute Gasteiger partial charge is 0.298 e. The third kappa shape index (κ3) is 2.76. The number of hydrogen-bond donors (Lipinski definition) is 0. The summed E-state index contributed by atoms with van der Waals surface area (Å²) in [4.78, 5) is 11.2. The van der Waals surface area contributed by atoms with E-state index in [9.17, 15) is 13.6 Å². The second-order valence-electron chi connectivity index (χ2n) is 4.15. The van der Waals surface area contributed by atoms with Gasteiger partial charge in [0.2, 0.25) is 0 Å². The summed E-state index contributed by atoms with van der Waals surface area (Å²) in [5.74, 6) is -1.40. The van der Waals surface area contributed by atoms with Gasteiger partial charge in [0.15, 0.2) is 6.29 Å². The third-order valence-corrected chi connectivity index (χ3v) is 2.95. The van der Waals surface area contributed by atoms with Crippen molar-refractivity contribution >= 4 is 17.4 Å². The maximum absolute atomic E-state index is 13.7. The van der Waals surface area contributed by atoms with Crippen LogP contribution < -0.4 is 0 Å². The number of halogens is 2. The van der Waals surface area contributed by atoms with Crippen LogP contribution in [-0.2, 0) is 4.79 Å². The van der Waals surface area contributed by atoms with Gasteiger partial charge in [0.1, 0.15) is 11.6 Å². The molecule has 0 saturated carbocycles. The van der Waals surface area contributed by atoms with E-state index in [1.807, 2.05) is 30.3 Å². The molecule has 0 aliphatic rings. The van der Waals surface area contributed by atoms with Gasteiger partial charge >= 0.3 is 0 Å². The molecule has 0 N–H and O–H groups in total. The van der Waals surface area contributed by atoms with Gasteiger partial charge in [-0.3, -0.25) is 4.79 Å². The smallest absolute Gasteiger partial charge is 0.151 e. The molecule has 0 aliphatic heterocycles. The van der Waals surface area contributed by atoms with Crippen molar-refractivity contribution in [3.63, 3.8) is 0 Å². The van der Waals surface area contributed by atoms with Crippen LogP contribution in [0.4, 0.5) is 8.78 Å². The van der Waals surface area contributed by atoms with E-state index in [0.29, 0.717) is 11.9 Å². The molecular weight excluding hydrogens is 246 g/mol. The van der Waals surface area contributed by atoms with Crippen LogP contribution in [0.5, 0.6) is 0 Å². The lowest BCUT2D eigenvalue weighted by atomic mass is 9.96. The highest BCUT2D eigenvalue weighted by atomic mass is 19.1. The Morgan fingerprint density at radius 1 is 1.05 bits per heavy atom. The first-order valence-corrected chi connectivity index (χ1v) is 5.80. The van der Waals surface area contributed by atoms with Crippen molar-refractivity contribution in [3.05, 3.63) is 71.3 Å². The van der Waals surface area contributed by atoms with Crippen LogP contribution in [0, 0.1) is 11.6 Å². The van der Waals surface area contributed by atoms with Crippen molar-refractivity contribution in [3.8, 4) is 0 Å². The topological polar surface area (TPSA) is 17.1 Å². The van der Waals surface area contributed by atoms with Crippen molar-refractivity contribution in [1.82, 2.24) is 0 Å². The lowest BCUT2D eigenvalue weighted by Gasteiger charge is -2.08. The molecule has 96 valence electrons. The van der Waals surface area contributed by atoms with E-state index in [2.05, 4.69) is 0 Å². The van der Waals surface area contributed by atoms with Gasteiger partial charge < -0.3 is 0 Å². The zero-order chi connectivity index (χ0) is 13.8. The standard InChI is InChI=1S/C16H12F2O/c1-11(12-5-3-2-4-6-12)15(10-19)14-8-7-13(17)9-16(14)18/h2-10H,1H3/b15-11+. The first-order valence-electron chi connectivity index (χ1n) is 5.80. The van der Waals surface area contributed by atoms with Gasteiger partial charge in [-0.25, -0.2) is 8.78 Å². The minimum Gasteiger partial charge on any atom is -0.298 e. The normalized spacial score (nSPS) is 11.9. The molecule has 0 bridgehead atoms. The van der Waals surface area contributed by atoms with Crippen LogP contribution in [0.25, 0.3) is 11.1 Å². The van der Waals surface area contributed by atoms with E-state index in [0.717, 1.165) is 17.7 Å². The van der Waals surface area contributed by atoms with Gasteiger partial charge in [-0.2, -0.15) is 0 Å². The van der Waals surface area contributed by atoms with Gasteiger partial charge in [-0.05, 0) is 30.2 Å². The quantitative estimate of drug-likeness (QED) is 0.460. The minimum absolute atomic E-state index is 0.109. The summed E-state index contributed by atoms with van der Waals surface area (Å²) < 4.78 is 26.6. The number of hydrogen-bond acceptors (Lipinski definition) is 1. The molecule has 0 amide bonds. The first kappa shape index (κ1) is 13.1. The molecular formula is C16H12F2O. The average molecular weight is 258 g/mol. The number of benzene rings is 2. The fourth-order valence-electron chi connectivity index (χ4n) is 1.91. The average Bonchev–Trinajstić information content (AvgIpc) is 2.42. The van der Waals surface area contributed by atoms with Crippen molar-refractivity contribution in [1.29, 1.82) is 0 Å². The predicted molar refractivity (Wildman–Crippen MR) is 71.4 cm³/mol. The van der Waals surface area contributed by atoms with Gasteiger partial charge in [-0.1, -0.05) is 30.3 Å². The predicted octanol–water partition coefficient (Wildman–Crippen LogP) is 4.09. The van der Waals surface area contributed by atoms with Crippen molar-refractivity contribution < 1.29 is 13.6 Å². The molecule has 0 radical (unpaired) electrons. The molecule has 0 unspecified atom stereocenters. The minimum atomic E-state index is -0.739. The molecule has 0 fully saturated rings. The van der Waals surface area contributed by atoms with Gasteiger partial charge in [0, 0.05) is 17.2 Å². The Hall–Kier alpha value is -2.29. The van der Waals surface area contributed by atoms with Crippen LogP contribution in [0.15, 0.2) is 48.5 Å². The number of carbonyl (C=O) groups is 1. The molecule has 2 aromatic rings. The number of allylic oxidation sites excluding steroid dienone is 2. The fraction of sp³-hybridized carbons (Fsp3) is 0.0625. The molecule has 0 spiro atoms. The molecule has 0 aromatic heterocycles. The molecule has 3 heteroatoms. The van der Waals surface area contributed by atoms with E-state index >= 15 is 0 Å². The number of rotatable bonds is 3. The second kappa shape index (κ2) is 5.57. The molecule has 0 saturated heterocycles. The Morgan fingerprint density at radius 2 is 1.74 bits per heavy atom. The van der Waals surface area contributed by atoms with Crippen LogP contribution in [-0.4, -0.2) is 6.29 Å². The molecule has 1 nitrogen and oxygen atoms in total. The maximum atomic E-state index is 13.7. The van der Waals surface area contributed by atoms with Crippen LogP contribution in [0.2, 0.25) is 0 Å². The lowest BCUT2D eigenvalue weighted by molar-refractivity contribution is -0.103.